The number of nitrogens with zero attached hydrogens (tertiary/aromatic N) is 1. The van der Waals surface area contributed by atoms with E-state index in [0.717, 1.165) is 11.1 Å². The van der Waals surface area contributed by atoms with Crippen LogP contribution < -0.4 is 10.3 Å². The van der Waals surface area contributed by atoms with Crippen molar-refractivity contribution >= 4 is 21.8 Å². The molecule has 1 aliphatic carbocycles. The number of allylic oxidation sites excluding steroid dienone is 1. The van der Waals surface area contributed by atoms with E-state index in [4.69, 9.17) is 0 Å². The molecular weight excluding hydrogens is 372 g/mol. The van der Waals surface area contributed by atoms with Gasteiger partial charge in [0.15, 0.2) is 0 Å². The van der Waals surface area contributed by atoms with Crippen LogP contribution in [0.3, 0.4) is 0 Å². The minimum atomic E-state index is -3.60. The maximum absolute atomic E-state index is 12.8. The summed E-state index contributed by atoms with van der Waals surface area (Å²) in [5.41, 5.74) is 3.47. The van der Waals surface area contributed by atoms with Gasteiger partial charge in [0.05, 0.1) is 11.4 Å². The van der Waals surface area contributed by atoms with Gasteiger partial charge in [-0.3, -0.25) is 9.52 Å². The summed E-state index contributed by atoms with van der Waals surface area (Å²) in [7, 11) is -3.60. The van der Waals surface area contributed by atoms with Gasteiger partial charge in [-0.25, -0.2) is 8.42 Å². The average Bonchev–Trinajstić information content (AvgIpc) is 2.70. The van der Waals surface area contributed by atoms with Crippen LogP contribution in [0.2, 0.25) is 0 Å². The highest BCUT2D eigenvalue weighted by Crippen LogP contribution is 2.28. The zero-order valence-corrected chi connectivity index (χ0v) is 16.0. The molecule has 0 amide bonds. The maximum Gasteiger partial charge on any atom is 0.258 e. The van der Waals surface area contributed by atoms with Gasteiger partial charge in [0.2, 0.25) is 0 Å². The summed E-state index contributed by atoms with van der Waals surface area (Å²) in [6, 6.07) is 19.9. The molecule has 0 spiro atoms. The first kappa shape index (κ1) is 18.3. The molecule has 142 valence electrons. The van der Waals surface area contributed by atoms with Crippen molar-refractivity contribution in [2.45, 2.75) is 19.4 Å². The molecule has 0 radical (unpaired) electrons. The quantitative estimate of drug-likeness (QED) is 0.721. The van der Waals surface area contributed by atoms with Crippen molar-refractivity contribution in [1.82, 2.24) is 4.57 Å². The lowest BCUT2D eigenvalue weighted by Crippen LogP contribution is -2.18. The molecule has 1 aromatic heterocycles. The number of aromatic nitrogens is 1. The van der Waals surface area contributed by atoms with Crippen molar-refractivity contribution in [2.75, 3.05) is 4.72 Å². The molecule has 4 rings (SSSR count). The van der Waals surface area contributed by atoms with E-state index in [1.54, 1.807) is 41.1 Å². The monoisotopic (exact) mass is 392 g/mol. The van der Waals surface area contributed by atoms with Gasteiger partial charge in [-0.15, -0.1) is 0 Å². The fourth-order valence-corrected chi connectivity index (χ4v) is 4.54. The molecule has 0 saturated carbocycles. The number of benzene rings is 2. The number of fused-ring (bicyclic) bond motifs is 1. The normalized spacial score (nSPS) is 13.5. The van der Waals surface area contributed by atoms with Gasteiger partial charge in [-0.2, -0.15) is 0 Å². The van der Waals surface area contributed by atoms with E-state index < -0.39 is 10.0 Å². The Bertz CT molecular complexity index is 1190. The lowest BCUT2D eigenvalue weighted by atomic mass is 9.98. The second kappa shape index (κ2) is 7.48. The molecule has 1 heterocycles. The Morgan fingerprint density at radius 3 is 2.43 bits per heavy atom. The number of rotatable bonds is 5. The average molecular weight is 392 g/mol. The van der Waals surface area contributed by atoms with Crippen molar-refractivity contribution in [3.05, 3.63) is 105 Å². The maximum atomic E-state index is 12.8. The molecule has 3 aromatic rings. The molecule has 6 heteroatoms. The Hall–Kier alpha value is -3.12. The van der Waals surface area contributed by atoms with Gasteiger partial charge in [0.1, 0.15) is 0 Å². The van der Waals surface area contributed by atoms with E-state index in [1.165, 1.54) is 11.6 Å². The van der Waals surface area contributed by atoms with Gasteiger partial charge in [-0.05, 0) is 53.8 Å². The van der Waals surface area contributed by atoms with Crippen LogP contribution in [0, 0.1) is 0 Å². The minimum absolute atomic E-state index is 0.0724. The van der Waals surface area contributed by atoms with Gasteiger partial charge >= 0.3 is 0 Å². The Morgan fingerprint density at radius 1 is 0.893 bits per heavy atom. The van der Waals surface area contributed by atoms with Crippen LogP contribution in [0.15, 0.2) is 82.6 Å². The van der Waals surface area contributed by atoms with Crippen molar-refractivity contribution in [1.29, 1.82) is 0 Å². The molecule has 0 unspecified atom stereocenters. The number of anilines is 1. The number of aryl methyl sites for hydroxylation is 1. The highest BCUT2D eigenvalue weighted by Gasteiger charge is 2.21. The van der Waals surface area contributed by atoms with E-state index in [1.807, 2.05) is 36.4 Å². The zero-order chi connectivity index (χ0) is 19.6. The number of hydrogen-bond acceptors (Lipinski definition) is 3. The van der Waals surface area contributed by atoms with Crippen LogP contribution in [-0.4, -0.2) is 13.0 Å². The molecule has 0 saturated heterocycles. The molecule has 5 nitrogen and oxygen atoms in total. The van der Waals surface area contributed by atoms with Crippen LogP contribution in [0.25, 0.3) is 6.08 Å². The first-order valence-electron chi connectivity index (χ1n) is 9.07. The van der Waals surface area contributed by atoms with Gasteiger partial charge in [0, 0.05) is 18.0 Å². The summed E-state index contributed by atoms with van der Waals surface area (Å²) in [5.74, 6) is 0. The summed E-state index contributed by atoms with van der Waals surface area (Å²) < 4.78 is 29.8. The molecule has 1 aliphatic rings. The van der Waals surface area contributed by atoms with E-state index in [9.17, 15) is 13.2 Å². The molecule has 0 aliphatic heterocycles. The Balaban J connectivity index is 1.50. The molecule has 1 N–H and O–H groups in total. The standard InChI is InChI=1S/C22H20N2O3S/c25-22-7-3-4-14-24(22)16-17-8-11-20(12-9-17)23-28(26,27)21-13-10-18-5-1-2-6-19(18)15-21/h1-9,11-12,14-15,23H,10,13,16H2. The van der Waals surface area contributed by atoms with Gasteiger partial charge in [-0.1, -0.05) is 42.5 Å². The summed E-state index contributed by atoms with van der Waals surface area (Å²) >= 11 is 0. The van der Waals surface area contributed by atoms with E-state index in [2.05, 4.69) is 4.72 Å². The zero-order valence-electron chi connectivity index (χ0n) is 15.2. The van der Waals surface area contributed by atoms with Crippen LogP contribution >= 0.6 is 0 Å². The van der Waals surface area contributed by atoms with E-state index >= 15 is 0 Å². The van der Waals surface area contributed by atoms with Crippen molar-refractivity contribution in [3.8, 4) is 0 Å². The number of pyridine rings is 1. The molecular formula is C22H20N2O3S. The third kappa shape index (κ3) is 3.92. The first-order chi connectivity index (χ1) is 13.5. The molecule has 0 bridgehead atoms. The second-order valence-corrected chi connectivity index (χ2v) is 8.51. The van der Waals surface area contributed by atoms with Crippen LogP contribution in [0.5, 0.6) is 0 Å². The lowest BCUT2D eigenvalue weighted by Gasteiger charge is -2.17. The van der Waals surface area contributed by atoms with Crippen LogP contribution in [0.1, 0.15) is 23.1 Å². The van der Waals surface area contributed by atoms with Gasteiger partial charge < -0.3 is 4.57 Å². The largest absolute Gasteiger partial charge is 0.311 e. The molecule has 0 atom stereocenters. The minimum Gasteiger partial charge on any atom is -0.311 e. The highest BCUT2D eigenvalue weighted by atomic mass is 32.2. The topological polar surface area (TPSA) is 68.2 Å². The molecule has 0 fully saturated rings. The predicted molar refractivity (Wildman–Crippen MR) is 112 cm³/mol. The Morgan fingerprint density at radius 2 is 1.64 bits per heavy atom. The van der Waals surface area contributed by atoms with Crippen molar-refractivity contribution in [2.24, 2.45) is 0 Å². The summed E-state index contributed by atoms with van der Waals surface area (Å²) in [6.07, 6.45) is 4.68. The first-order valence-corrected chi connectivity index (χ1v) is 10.6. The fourth-order valence-electron chi connectivity index (χ4n) is 3.30. The number of sulfonamides is 1. The van der Waals surface area contributed by atoms with Crippen LogP contribution in [0.4, 0.5) is 5.69 Å². The van der Waals surface area contributed by atoms with E-state index in [0.29, 0.717) is 30.0 Å². The van der Waals surface area contributed by atoms with Crippen molar-refractivity contribution in [3.63, 3.8) is 0 Å². The molecule has 2 aromatic carbocycles. The fraction of sp³-hybridized carbons (Fsp3) is 0.136. The third-order valence-corrected chi connectivity index (χ3v) is 6.33. The Labute approximate surface area is 164 Å². The highest BCUT2D eigenvalue weighted by molar-refractivity contribution is 7.96. The summed E-state index contributed by atoms with van der Waals surface area (Å²) in [5, 5.41) is 0. The number of hydrogen-bond donors (Lipinski definition) is 1. The smallest absolute Gasteiger partial charge is 0.258 e. The second-order valence-electron chi connectivity index (χ2n) is 6.78. The summed E-state index contributed by atoms with van der Waals surface area (Å²) in [4.78, 5) is 12.2. The van der Waals surface area contributed by atoms with E-state index in [-0.39, 0.29) is 5.56 Å². The summed E-state index contributed by atoms with van der Waals surface area (Å²) in [6.45, 7) is 0.439. The number of nitrogens with one attached hydrogen (secondary N) is 1. The Kier molecular flexibility index (Phi) is 4.88. The lowest BCUT2D eigenvalue weighted by molar-refractivity contribution is 0.605. The third-order valence-electron chi connectivity index (χ3n) is 4.82. The van der Waals surface area contributed by atoms with Crippen LogP contribution in [-0.2, 0) is 23.0 Å². The SMILES string of the molecule is O=c1ccccn1Cc1ccc(NS(=O)(=O)C2=Cc3ccccc3CC2)cc1. The predicted octanol–water partition coefficient (Wildman–Crippen LogP) is 3.63. The van der Waals surface area contributed by atoms with Crippen molar-refractivity contribution < 1.29 is 8.42 Å². The molecule has 28 heavy (non-hydrogen) atoms. The van der Waals surface area contributed by atoms with Gasteiger partial charge in [0.25, 0.3) is 15.6 Å².